The summed E-state index contributed by atoms with van der Waals surface area (Å²) < 4.78 is 23.5. The Hall–Kier alpha value is -3.09. The van der Waals surface area contributed by atoms with Crippen LogP contribution >= 0.6 is 0 Å². The topological polar surface area (TPSA) is 72.0 Å². The first kappa shape index (κ1) is 18.3. The number of nitrogens with zero attached hydrogens (tertiary/aromatic N) is 1. The molecule has 2 rings (SSSR count). The number of amides is 1. The molecule has 0 atom stereocenters. The zero-order chi connectivity index (χ0) is 18.1. The molecule has 0 unspecified atom stereocenters. The maximum absolute atomic E-state index is 12.8. The number of rotatable bonds is 8. The number of methoxy groups -OCH3 is 1. The Morgan fingerprint density at radius 2 is 1.96 bits per heavy atom. The van der Waals surface area contributed by atoms with Crippen molar-refractivity contribution in [3.63, 3.8) is 0 Å². The van der Waals surface area contributed by atoms with E-state index in [1.807, 2.05) is 6.92 Å². The Labute approximate surface area is 145 Å². The molecule has 2 aromatic rings. The largest absolute Gasteiger partial charge is 0.493 e. The molecule has 25 heavy (non-hydrogen) atoms. The maximum atomic E-state index is 12.8. The third-order valence-corrected chi connectivity index (χ3v) is 3.19. The highest BCUT2D eigenvalue weighted by molar-refractivity contribution is 5.84. The Morgan fingerprint density at radius 3 is 2.64 bits per heavy atom. The van der Waals surface area contributed by atoms with Crippen LogP contribution in [0.5, 0.6) is 11.5 Å². The van der Waals surface area contributed by atoms with Crippen LogP contribution in [-0.4, -0.2) is 32.4 Å². The molecule has 1 amide bonds. The van der Waals surface area contributed by atoms with Crippen LogP contribution in [0.4, 0.5) is 10.1 Å². The summed E-state index contributed by atoms with van der Waals surface area (Å²) in [6.07, 6.45) is 1.51. The normalized spacial score (nSPS) is 10.5. The highest BCUT2D eigenvalue weighted by Crippen LogP contribution is 2.27. The van der Waals surface area contributed by atoms with Gasteiger partial charge < -0.3 is 14.8 Å². The molecule has 2 N–H and O–H groups in total. The maximum Gasteiger partial charge on any atom is 0.259 e. The number of hydrazone groups is 1. The van der Waals surface area contributed by atoms with Gasteiger partial charge in [-0.05, 0) is 55.0 Å². The second kappa shape index (κ2) is 9.27. The Kier molecular flexibility index (Phi) is 6.76. The third kappa shape index (κ3) is 5.80. The fourth-order valence-corrected chi connectivity index (χ4v) is 2.01. The number of carbonyl (C=O) groups is 1. The van der Waals surface area contributed by atoms with E-state index in [1.54, 1.807) is 37.4 Å². The molecule has 0 aromatic heterocycles. The molecule has 0 saturated heterocycles. The summed E-state index contributed by atoms with van der Waals surface area (Å²) in [5, 5.41) is 6.77. The van der Waals surface area contributed by atoms with Gasteiger partial charge >= 0.3 is 0 Å². The lowest BCUT2D eigenvalue weighted by Crippen LogP contribution is -2.25. The molecule has 0 bridgehead atoms. The van der Waals surface area contributed by atoms with E-state index in [4.69, 9.17) is 9.47 Å². The minimum Gasteiger partial charge on any atom is -0.493 e. The lowest BCUT2D eigenvalue weighted by atomic mass is 10.2. The second-order valence-corrected chi connectivity index (χ2v) is 5.00. The van der Waals surface area contributed by atoms with Crippen LogP contribution in [0.15, 0.2) is 47.6 Å². The quantitative estimate of drug-likeness (QED) is 0.570. The molecule has 0 heterocycles. The summed E-state index contributed by atoms with van der Waals surface area (Å²) in [4.78, 5) is 11.7. The molecular weight excluding hydrogens is 325 g/mol. The van der Waals surface area contributed by atoms with Crippen molar-refractivity contribution >= 4 is 17.8 Å². The number of anilines is 1. The highest BCUT2D eigenvalue weighted by Gasteiger charge is 2.04. The smallest absolute Gasteiger partial charge is 0.259 e. The van der Waals surface area contributed by atoms with E-state index >= 15 is 0 Å². The van der Waals surface area contributed by atoms with Crippen molar-refractivity contribution in [3.05, 3.63) is 53.8 Å². The van der Waals surface area contributed by atoms with Gasteiger partial charge in [0.1, 0.15) is 5.82 Å². The first-order valence-electron chi connectivity index (χ1n) is 7.74. The Bertz CT molecular complexity index is 733. The van der Waals surface area contributed by atoms with Gasteiger partial charge in [-0.3, -0.25) is 4.79 Å². The van der Waals surface area contributed by atoms with Gasteiger partial charge in [0.25, 0.3) is 5.91 Å². The molecule has 0 aliphatic rings. The SMILES string of the molecule is CCOc1ccc(/C=N\NC(=O)CNc2ccc(F)cc2)cc1OC. The minimum atomic E-state index is -0.328. The average Bonchev–Trinajstić information content (AvgIpc) is 2.62. The van der Waals surface area contributed by atoms with Crippen molar-refractivity contribution in [2.24, 2.45) is 5.10 Å². The Balaban J connectivity index is 1.85. The van der Waals surface area contributed by atoms with Crippen LogP contribution in [0.1, 0.15) is 12.5 Å². The van der Waals surface area contributed by atoms with Crippen molar-refractivity contribution in [2.75, 3.05) is 25.6 Å². The minimum absolute atomic E-state index is 0.0234. The summed E-state index contributed by atoms with van der Waals surface area (Å²) in [6, 6.07) is 11.1. The van der Waals surface area contributed by atoms with Crippen molar-refractivity contribution in [1.82, 2.24) is 5.43 Å². The van der Waals surface area contributed by atoms with Gasteiger partial charge in [0.05, 0.1) is 26.5 Å². The summed E-state index contributed by atoms with van der Waals surface area (Å²) in [5.74, 6) is 0.591. The van der Waals surface area contributed by atoms with E-state index in [1.165, 1.54) is 18.3 Å². The number of nitrogens with one attached hydrogen (secondary N) is 2. The van der Waals surface area contributed by atoms with E-state index < -0.39 is 0 Å². The molecule has 2 aromatic carbocycles. The van der Waals surface area contributed by atoms with Gasteiger partial charge in [-0.15, -0.1) is 0 Å². The molecule has 7 heteroatoms. The lowest BCUT2D eigenvalue weighted by Gasteiger charge is -2.09. The number of benzene rings is 2. The monoisotopic (exact) mass is 345 g/mol. The van der Waals surface area contributed by atoms with Gasteiger partial charge in [-0.1, -0.05) is 0 Å². The number of halogens is 1. The predicted octanol–water partition coefficient (Wildman–Crippen LogP) is 2.80. The summed E-state index contributed by atoms with van der Waals surface area (Å²) in [6.45, 7) is 2.46. The van der Waals surface area contributed by atoms with Crippen LogP contribution in [0.3, 0.4) is 0 Å². The number of hydrogen-bond donors (Lipinski definition) is 2. The molecular formula is C18H20FN3O3. The molecule has 0 spiro atoms. The molecule has 0 saturated carbocycles. The van der Waals surface area contributed by atoms with Crippen LogP contribution in [0, 0.1) is 5.82 Å². The highest BCUT2D eigenvalue weighted by atomic mass is 19.1. The zero-order valence-corrected chi connectivity index (χ0v) is 14.1. The van der Waals surface area contributed by atoms with Gasteiger partial charge in [0.15, 0.2) is 11.5 Å². The van der Waals surface area contributed by atoms with Crippen molar-refractivity contribution < 1.29 is 18.7 Å². The fourth-order valence-electron chi connectivity index (χ4n) is 2.01. The van der Waals surface area contributed by atoms with Crippen LogP contribution in [0.25, 0.3) is 0 Å². The van der Waals surface area contributed by atoms with E-state index in [9.17, 15) is 9.18 Å². The summed E-state index contributed by atoms with van der Waals surface area (Å²) in [7, 11) is 1.56. The van der Waals surface area contributed by atoms with Crippen molar-refractivity contribution in [3.8, 4) is 11.5 Å². The fraction of sp³-hybridized carbons (Fsp3) is 0.222. The number of carbonyl (C=O) groups excluding carboxylic acids is 1. The zero-order valence-electron chi connectivity index (χ0n) is 14.1. The molecule has 0 fully saturated rings. The van der Waals surface area contributed by atoms with Crippen LogP contribution in [0.2, 0.25) is 0 Å². The Morgan fingerprint density at radius 1 is 1.20 bits per heavy atom. The molecule has 0 aliphatic heterocycles. The first-order valence-corrected chi connectivity index (χ1v) is 7.74. The molecule has 0 radical (unpaired) electrons. The molecule has 0 aliphatic carbocycles. The van der Waals surface area contributed by atoms with Gasteiger partial charge in [0.2, 0.25) is 0 Å². The molecule has 132 valence electrons. The van der Waals surface area contributed by atoms with Crippen LogP contribution in [-0.2, 0) is 4.79 Å². The third-order valence-electron chi connectivity index (χ3n) is 3.19. The first-order chi connectivity index (χ1) is 12.1. The number of hydrogen-bond acceptors (Lipinski definition) is 5. The van der Waals surface area contributed by atoms with Gasteiger partial charge in [-0.2, -0.15) is 5.10 Å². The van der Waals surface area contributed by atoms with Gasteiger partial charge in [0, 0.05) is 5.69 Å². The second-order valence-electron chi connectivity index (χ2n) is 5.00. The van der Waals surface area contributed by atoms with E-state index in [0.717, 1.165) is 5.56 Å². The van der Waals surface area contributed by atoms with Gasteiger partial charge in [-0.25, -0.2) is 9.82 Å². The molecule has 6 nitrogen and oxygen atoms in total. The predicted molar refractivity (Wildman–Crippen MR) is 94.8 cm³/mol. The summed E-state index contributed by atoms with van der Waals surface area (Å²) >= 11 is 0. The van der Waals surface area contributed by atoms with E-state index in [2.05, 4.69) is 15.8 Å². The van der Waals surface area contributed by atoms with E-state index in [0.29, 0.717) is 23.8 Å². The lowest BCUT2D eigenvalue weighted by molar-refractivity contribution is -0.119. The van der Waals surface area contributed by atoms with Crippen molar-refractivity contribution in [1.29, 1.82) is 0 Å². The number of ether oxygens (including phenoxy) is 2. The standard InChI is InChI=1S/C18H20FN3O3/c1-3-25-16-9-4-13(10-17(16)24-2)11-21-22-18(23)12-20-15-7-5-14(19)6-8-15/h4-11,20H,3,12H2,1-2H3,(H,22,23)/b21-11-. The summed E-state index contributed by atoms with van der Waals surface area (Å²) in [5.41, 5.74) is 3.82. The van der Waals surface area contributed by atoms with Crippen molar-refractivity contribution in [2.45, 2.75) is 6.92 Å². The van der Waals surface area contributed by atoms with E-state index in [-0.39, 0.29) is 18.3 Å². The van der Waals surface area contributed by atoms with Crippen LogP contribution < -0.4 is 20.2 Å². The average molecular weight is 345 g/mol.